The van der Waals surface area contributed by atoms with E-state index in [1.165, 1.54) is 16.8 Å². The number of hydrogen-bond donors (Lipinski definition) is 2. The van der Waals surface area contributed by atoms with Crippen molar-refractivity contribution in [2.45, 2.75) is 17.3 Å². The molecule has 2 aromatic rings. The number of nitrogen functional groups attached to an aromatic ring is 1. The number of hydrogen-bond acceptors (Lipinski definition) is 6. The van der Waals surface area contributed by atoms with Crippen LogP contribution in [0.15, 0.2) is 29.4 Å². The summed E-state index contributed by atoms with van der Waals surface area (Å²) in [6, 6.07) is 5.29. The molecule has 1 fully saturated rings. The van der Waals surface area contributed by atoms with Crippen LogP contribution in [0.4, 0.5) is 9.18 Å². The fourth-order valence-electron chi connectivity index (χ4n) is 2.26. The van der Waals surface area contributed by atoms with Crippen molar-refractivity contribution in [2.24, 2.45) is 0 Å². The average molecular weight is 350 g/mol. The van der Waals surface area contributed by atoms with Crippen molar-refractivity contribution in [3.8, 4) is 11.4 Å². The van der Waals surface area contributed by atoms with Gasteiger partial charge >= 0.3 is 6.03 Å². The van der Waals surface area contributed by atoms with Crippen molar-refractivity contribution in [2.75, 3.05) is 18.9 Å². The van der Waals surface area contributed by atoms with Gasteiger partial charge in [-0.05, 0) is 31.2 Å². The predicted octanol–water partition coefficient (Wildman–Crippen LogP) is 0.830. The van der Waals surface area contributed by atoms with Gasteiger partial charge in [0.25, 0.3) is 0 Å². The smallest absolute Gasteiger partial charge is 0.324 e. The van der Waals surface area contributed by atoms with Crippen LogP contribution < -0.4 is 11.2 Å². The second kappa shape index (κ2) is 6.48. The van der Waals surface area contributed by atoms with Gasteiger partial charge in [0.15, 0.2) is 5.82 Å². The first kappa shape index (κ1) is 16.2. The van der Waals surface area contributed by atoms with E-state index in [1.54, 1.807) is 19.1 Å². The number of nitrogens with zero attached hydrogens (tertiary/aromatic N) is 4. The number of carbonyl (C=O) groups excluding carboxylic acids is 2. The van der Waals surface area contributed by atoms with E-state index >= 15 is 0 Å². The number of benzene rings is 1. The van der Waals surface area contributed by atoms with Crippen molar-refractivity contribution in [3.05, 3.63) is 30.1 Å². The van der Waals surface area contributed by atoms with Gasteiger partial charge in [-0.15, -0.1) is 10.2 Å². The molecule has 10 heteroatoms. The molecule has 0 saturated carbocycles. The molecule has 0 bridgehead atoms. The monoisotopic (exact) mass is 350 g/mol. The summed E-state index contributed by atoms with van der Waals surface area (Å²) >= 11 is 1.10. The van der Waals surface area contributed by atoms with Gasteiger partial charge in [0.2, 0.25) is 11.1 Å². The summed E-state index contributed by atoms with van der Waals surface area (Å²) in [5.41, 5.74) is 0.608. The maximum absolute atomic E-state index is 13.0. The van der Waals surface area contributed by atoms with E-state index in [1.807, 2.05) is 0 Å². The Morgan fingerprint density at radius 3 is 2.71 bits per heavy atom. The Kier molecular flexibility index (Phi) is 4.38. The van der Waals surface area contributed by atoms with Crippen LogP contribution in [-0.2, 0) is 4.79 Å². The van der Waals surface area contributed by atoms with Gasteiger partial charge in [0.05, 0.1) is 5.25 Å². The third kappa shape index (κ3) is 3.04. The third-order valence-corrected chi connectivity index (χ3v) is 4.56. The molecule has 1 saturated heterocycles. The molecule has 3 N–H and O–H groups in total. The minimum Gasteiger partial charge on any atom is -0.336 e. The molecule has 1 aromatic carbocycles. The quantitative estimate of drug-likeness (QED) is 0.625. The van der Waals surface area contributed by atoms with Gasteiger partial charge in [0, 0.05) is 18.7 Å². The first-order valence-corrected chi connectivity index (χ1v) is 8.07. The lowest BCUT2D eigenvalue weighted by atomic mass is 10.2. The largest absolute Gasteiger partial charge is 0.336 e. The second-order valence-electron chi connectivity index (χ2n) is 5.16. The van der Waals surface area contributed by atoms with Crippen molar-refractivity contribution < 1.29 is 14.0 Å². The molecule has 3 rings (SSSR count). The molecule has 126 valence electrons. The third-order valence-electron chi connectivity index (χ3n) is 3.52. The molecule has 24 heavy (non-hydrogen) atoms. The number of halogens is 1. The zero-order valence-corrected chi connectivity index (χ0v) is 13.6. The lowest BCUT2D eigenvalue weighted by Gasteiger charge is -2.16. The number of rotatable bonds is 4. The number of aromatic nitrogens is 3. The summed E-state index contributed by atoms with van der Waals surface area (Å²) < 4.78 is 14.2. The lowest BCUT2D eigenvalue weighted by molar-refractivity contribution is -0.126. The zero-order valence-electron chi connectivity index (χ0n) is 12.8. The molecule has 8 nitrogen and oxygen atoms in total. The van der Waals surface area contributed by atoms with Gasteiger partial charge in [-0.3, -0.25) is 9.69 Å². The normalized spacial score (nSPS) is 15.4. The summed E-state index contributed by atoms with van der Waals surface area (Å²) in [6.07, 6.45) is 0. The summed E-state index contributed by atoms with van der Waals surface area (Å²) in [4.78, 5) is 25.0. The van der Waals surface area contributed by atoms with Crippen LogP contribution in [0.3, 0.4) is 0 Å². The van der Waals surface area contributed by atoms with Crippen LogP contribution in [0.1, 0.15) is 6.92 Å². The Hall–Kier alpha value is -2.62. The number of amides is 3. The Labute approximate surface area is 141 Å². The maximum atomic E-state index is 13.0. The van der Waals surface area contributed by atoms with E-state index in [4.69, 9.17) is 5.84 Å². The van der Waals surface area contributed by atoms with E-state index in [9.17, 15) is 14.0 Å². The predicted molar refractivity (Wildman–Crippen MR) is 86.0 cm³/mol. The minimum atomic E-state index is -0.554. The SMILES string of the molecule is C[C@@H](Sc1nnc(-c2ccc(F)cc2)n1N)C(=O)N1CCNC1=O. The highest BCUT2D eigenvalue weighted by molar-refractivity contribution is 8.00. The highest BCUT2D eigenvalue weighted by Crippen LogP contribution is 2.26. The standard InChI is InChI=1S/C14H15FN6O2S/c1-8(12(22)20-7-6-17-13(20)23)24-14-19-18-11(21(14)16)9-2-4-10(15)5-3-9/h2-5,8H,6-7,16H2,1H3,(H,17,23)/t8-/m1/s1. The zero-order chi connectivity index (χ0) is 17.3. The summed E-state index contributed by atoms with van der Waals surface area (Å²) in [5, 5.41) is 10.3. The first-order chi connectivity index (χ1) is 11.5. The molecule has 1 aliphatic heterocycles. The van der Waals surface area contributed by atoms with Crippen LogP contribution in [-0.4, -0.2) is 50.1 Å². The maximum Gasteiger partial charge on any atom is 0.324 e. The van der Waals surface area contributed by atoms with Crippen LogP contribution in [0.2, 0.25) is 0 Å². The average Bonchev–Trinajstić information content (AvgIpc) is 3.14. The Morgan fingerprint density at radius 1 is 1.38 bits per heavy atom. The summed E-state index contributed by atoms with van der Waals surface area (Å²) in [5.74, 6) is 5.65. The highest BCUT2D eigenvalue weighted by Gasteiger charge is 2.31. The van der Waals surface area contributed by atoms with Crippen LogP contribution in [0.5, 0.6) is 0 Å². The fraction of sp³-hybridized carbons (Fsp3) is 0.286. The Bertz CT molecular complexity index is 778. The number of carbonyl (C=O) groups is 2. The van der Waals surface area contributed by atoms with Gasteiger partial charge in [-0.2, -0.15) is 0 Å². The first-order valence-electron chi connectivity index (χ1n) is 7.19. The molecule has 2 heterocycles. The van der Waals surface area contributed by atoms with E-state index in [2.05, 4.69) is 15.5 Å². The topological polar surface area (TPSA) is 106 Å². The van der Waals surface area contributed by atoms with Crippen molar-refractivity contribution in [1.82, 2.24) is 25.1 Å². The van der Waals surface area contributed by atoms with Crippen LogP contribution in [0, 0.1) is 5.82 Å². The van der Waals surface area contributed by atoms with Crippen molar-refractivity contribution in [1.29, 1.82) is 0 Å². The number of imide groups is 1. The molecule has 1 atom stereocenters. The molecular weight excluding hydrogens is 335 g/mol. The molecule has 1 aliphatic rings. The second-order valence-corrected chi connectivity index (χ2v) is 6.47. The van der Waals surface area contributed by atoms with Gasteiger partial charge < -0.3 is 11.2 Å². The van der Waals surface area contributed by atoms with Gasteiger partial charge in [-0.25, -0.2) is 13.9 Å². The van der Waals surface area contributed by atoms with Crippen molar-refractivity contribution >= 4 is 23.7 Å². The number of thioether (sulfide) groups is 1. The molecule has 0 radical (unpaired) electrons. The molecule has 1 aromatic heterocycles. The molecule has 3 amide bonds. The number of nitrogens with one attached hydrogen (secondary N) is 1. The molecule has 0 unspecified atom stereocenters. The number of urea groups is 1. The molecule has 0 aliphatic carbocycles. The minimum absolute atomic E-state index is 0.318. The Morgan fingerprint density at radius 2 is 2.08 bits per heavy atom. The Balaban J connectivity index is 1.75. The van der Waals surface area contributed by atoms with E-state index in [0.29, 0.717) is 29.6 Å². The van der Waals surface area contributed by atoms with Crippen LogP contribution in [0.25, 0.3) is 11.4 Å². The fourth-order valence-corrected chi connectivity index (χ4v) is 3.10. The van der Waals surface area contributed by atoms with Crippen LogP contribution >= 0.6 is 11.8 Å². The molecule has 0 spiro atoms. The lowest BCUT2D eigenvalue weighted by Crippen LogP contribution is -2.39. The van der Waals surface area contributed by atoms with E-state index in [0.717, 1.165) is 16.7 Å². The molecular formula is C14H15FN6O2S. The van der Waals surface area contributed by atoms with Gasteiger partial charge in [-0.1, -0.05) is 11.8 Å². The van der Waals surface area contributed by atoms with Crippen molar-refractivity contribution in [3.63, 3.8) is 0 Å². The summed E-state index contributed by atoms with van der Waals surface area (Å²) in [6.45, 7) is 2.47. The number of nitrogens with two attached hydrogens (primary N) is 1. The van der Waals surface area contributed by atoms with E-state index < -0.39 is 11.3 Å². The van der Waals surface area contributed by atoms with E-state index in [-0.39, 0.29) is 11.7 Å². The summed E-state index contributed by atoms with van der Waals surface area (Å²) in [7, 11) is 0. The van der Waals surface area contributed by atoms with Gasteiger partial charge in [0.1, 0.15) is 5.82 Å². The highest BCUT2D eigenvalue weighted by atomic mass is 32.2.